The standard InChI is InChI=1S/C12H16N2O3/c1-14(2)8-13-11-9(12(15)17-4)6-5-7-10(11)16-3/h5-8H,1-4H3/b13-8+. The minimum atomic E-state index is -0.435. The van der Waals surface area contributed by atoms with Crippen molar-refractivity contribution in [1.82, 2.24) is 4.90 Å². The Morgan fingerprint density at radius 2 is 2.06 bits per heavy atom. The van der Waals surface area contributed by atoms with Gasteiger partial charge in [-0.1, -0.05) is 6.07 Å². The van der Waals surface area contributed by atoms with Gasteiger partial charge in [-0.05, 0) is 12.1 Å². The van der Waals surface area contributed by atoms with Gasteiger partial charge in [0, 0.05) is 14.1 Å². The van der Waals surface area contributed by atoms with Crippen LogP contribution in [-0.4, -0.2) is 45.5 Å². The van der Waals surface area contributed by atoms with Gasteiger partial charge in [-0.15, -0.1) is 0 Å². The van der Waals surface area contributed by atoms with Crippen LogP contribution in [0.15, 0.2) is 23.2 Å². The molecule has 1 aromatic carbocycles. The predicted molar refractivity (Wildman–Crippen MR) is 66.2 cm³/mol. The highest BCUT2D eigenvalue weighted by Crippen LogP contribution is 2.31. The fraction of sp³-hybridized carbons (Fsp3) is 0.333. The molecule has 0 saturated carbocycles. The molecule has 0 amide bonds. The highest BCUT2D eigenvalue weighted by molar-refractivity contribution is 5.97. The Morgan fingerprint density at radius 3 is 2.59 bits per heavy atom. The lowest BCUT2D eigenvalue weighted by atomic mass is 10.1. The summed E-state index contributed by atoms with van der Waals surface area (Å²) in [5.74, 6) is 0.0980. The van der Waals surface area contributed by atoms with Crippen molar-refractivity contribution in [1.29, 1.82) is 0 Å². The van der Waals surface area contributed by atoms with E-state index < -0.39 is 5.97 Å². The zero-order chi connectivity index (χ0) is 12.8. The molecule has 0 aliphatic rings. The summed E-state index contributed by atoms with van der Waals surface area (Å²) < 4.78 is 9.87. The highest BCUT2D eigenvalue weighted by Gasteiger charge is 2.14. The lowest BCUT2D eigenvalue weighted by Crippen LogP contribution is -2.08. The molecule has 0 radical (unpaired) electrons. The predicted octanol–water partition coefficient (Wildman–Crippen LogP) is 1.70. The van der Waals surface area contributed by atoms with Crippen LogP contribution in [0.2, 0.25) is 0 Å². The molecule has 17 heavy (non-hydrogen) atoms. The normalized spacial score (nSPS) is 10.4. The smallest absolute Gasteiger partial charge is 0.340 e. The van der Waals surface area contributed by atoms with Crippen LogP contribution in [0.3, 0.4) is 0 Å². The third-order valence-electron chi connectivity index (χ3n) is 2.04. The van der Waals surface area contributed by atoms with E-state index in [0.717, 1.165) is 0 Å². The maximum absolute atomic E-state index is 11.6. The molecule has 0 aliphatic carbocycles. The van der Waals surface area contributed by atoms with Crippen LogP contribution in [0.25, 0.3) is 0 Å². The lowest BCUT2D eigenvalue weighted by molar-refractivity contribution is 0.0601. The summed E-state index contributed by atoms with van der Waals surface area (Å²) in [6.07, 6.45) is 1.60. The van der Waals surface area contributed by atoms with Crippen molar-refractivity contribution >= 4 is 18.0 Å². The topological polar surface area (TPSA) is 51.1 Å². The Bertz CT molecular complexity index is 428. The van der Waals surface area contributed by atoms with Crippen molar-refractivity contribution in [2.45, 2.75) is 0 Å². The summed E-state index contributed by atoms with van der Waals surface area (Å²) in [4.78, 5) is 17.6. The summed E-state index contributed by atoms with van der Waals surface area (Å²) in [6, 6.07) is 5.12. The number of esters is 1. The number of benzene rings is 1. The number of carbonyl (C=O) groups excluding carboxylic acids is 1. The van der Waals surface area contributed by atoms with Crippen molar-refractivity contribution in [3.63, 3.8) is 0 Å². The van der Waals surface area contributed by atoms with E-state index in [4.69, 9.17) is 9.47 Å². The van der Waals surface area contributed by atoms with E-state index in [1.807, 2.05) is 14.1 Å². The summed E-state index contributed by atoms with van der Waals surface area (Å²) in [5, 5.41) is 0. The Morgan fingerprint density at radius 1 is 1.35 bits per heavy atom. The summed E-state index contributed by atoms with van der Waals surface area (Å²) in [6.45, 7) is 0. The molecule has 0 saturated heterocycles. The monoisotopic (exact) mass is 236 g/mol. The van der Waals surface area contributed by atoms with Crippen LogP contribution >= 0.6 is 0 Å². The number of hydrogen-bond acceptors (Lipinski definition) is 4. The first-order valence-corrected chi connectivity index (χ1v) is 5.06. The van der Waals surface area contributed by atoms with Gasteiger partial charge in [0.25, 0.3) is 0 Å². The molecule has 0 N–H and O–H groups in total. The van der Waals surface area contributed by atoms with Crippen LogP contribution < -0.4 is 4.74 Å². The van der Waals surface area contributed by atoms with Gasteiger partial charge >= 0.3 is 5.97 Å². The number of aliphatic imine (C=N–C) groups is 1. The van der Waals surface area contributed by atoms with Crippen molar-refractivity contribution in [2.75, 3.05) is 28.3 Å². The largest absolute Gasteiger partial charge is 0.494 e. The van der Waals surface area contributed by atoms with Crippen LogP contribution in [0.1, 0.15) is 10.4 Å². The van der Waals surface area contributed by atoms with Gasteiger partial charge in [-0.3, -0.25) is 0 Å². The highest BCUT2D eigenvalue weighted by atomic mass is 16.5. The number of para-hydroxylation sites is 1. The molecule has 0 heterocycles. The van der Waals surface area contributed by atoms with Crippen molar-refractivity contribution in [3.05, 3.63) is 23.8 Å². The van der Waals surface area contributed by atoms with Gasteiger partial charge in [0.05, 0.1) is 26.1 Å². The molecule has 1 aromatic rings. The molecule has 5 heteroatoms. The first kappa shape index (κ1) is 13.0. The molecule has 0 spiro atoms. The number of ether oxygens (including phenoxy) is 2. The van der Waals surface area contributed by atoms with Gasteiger partial charge in [0.15, 0.2) is 0 Å². The molecule has 92 valence electrons. The SMILES string of the molecule is COC(=O)c1cccc(OC)c1/N=C/N(C)C. The number of rotatable bonds is 4. The Kier molecular flexibility index (Phi) is 4.51. The number of hydrogen-bond donors (Lipinski definition) is 0. The third kappa shape index (κ3) is 3.21. The summed E-state index contributed by atoms with van der Waals surface area (Å²) in [7, 11) is 6.56. The molecular formula is C12H16N2O3. The van der Waals surface area contributed by atoms with Crippen LogP contribution in [-0.2, 0) is 4.74 Å². The van der Waals surface area contributed by atoms with E-state index >= 15 is 0 Å². The Labute approximate surface area is 101 Å². The molecule has 0 aliphatic heterocycles. The Balaban J connectivity index is 3.25. The summed E-state index contributed by atoms with van der Waals surface area (Å²) >= 11 is 0. The average Bonchev–Trinajstić information content (AvgIpc) is 2.34. The minimum absolute atomic E-state index is 0.380. The van der Waals surface area contributed by atoms with E-state index in [0.29, 0.717) is 17.0 Å². The van der Waals surface area contributed by atoms with E-state index in [9.17, 15) is 4.79 Å². The van der Waals surface area contributed by atoms with Crippen LogP contribution in [0, 0.1) is 0 Å². The van der Waals surface area contributed by atoms with E-state index in [-0.39, 0.29) is 0 Å². The zero-order valence-electron chi connectivity index (χ0n) is 10.4. The van der Waals surface area contributed by atoms with Gasteiger partial charge < -0.3 is 14.4 Å². The molecule has 0 bridgehead atoms. The second kappa shape index (κ2) is 5.89. The van der Waals surface area contributed by atoms with Crippen molar-refractivity contribution < 1.29 is 14.3 Å². The van der Waals surface area contributed by atoms with E-state index in [2.05, 4.69) is 4.99 Å². The second-order valence-electron chi connectivity index (χ2n) is 3.56. The first-order chi connectivity index (χ1) is 8.10. The molecule has 5 nitrogen and oxygen atoms in total. The molecule has 1 rings (SSSR count). The fourth-order valence-electron chi connectivity index (χ4n) is 1.27. The van der Waals surface area contributed by atoms with Gasteiger partial charge in [-0.2, -0.15) is 0 Å². The van der Waals surface area contributed by atoms with E-state index in [1.54, 1.807) is 29.4 Å². The Hall–Kier alpha value is -2.04. The fourth-order valence-corrected chi connectivity index (χ4v) is 1.27. The molecule has 0 atom stereocenters. The molecule has 0 unspecified atom stereocenters. The first-order valence-electron chi connectivity index (χ1n) is 5.06. The maximum atomic E-state index is 11.6. The lowest BCUT2D eigenvalue weighted by Gasteiger charge is -2.09. The van der Waals surface area contributed by atoms with E-state index in [1.165, 1.54) is 14.2 Å². The van der Waals surface area contributed by atoms with Gasteiger partial charge in [0.1, 0.15) is 11.4 Å². The number of methoxy groups -OCH3 is 2. The van der Waals surface area contributed by atoms with Crippen LogP contribution in [0.4, 0.5) is 5.69 Å². The average molecular weight is 236 g/mol. The van der Waals surface area contributed by atoms with Crippen LogP contribution in [0.5, 0.6) is 5.75 Å². The van der Waals surface area contributed by atoms with Gasteiger partial charge in [-0.25, -0.2) is 9.79 Å². The van der Waals surface area contributed by atoms with Gasteiger partial charge in [0.2, 0.25) is 0 Å². The number of nitrogens with zero attached hydrogens (tertiary/aromatic N) is 2. The van der Waals surface area contributed by atoms with Crippen molar-refractivity contribution in [2.24, 2.45) is 4.99 Å². The molecule has 0 fully saturated rings. The third-order valence-corrected chi connectivity index (χ3v) is 2.04. The second-order valence-corrected chi connectivity index (χ2v) is 3.56. The van der Waals surface area contributed by atoms with Crippen molar-refractivity contribution in [3.8, 4) is 5.75 Å². The maximum Gasteiger partial charge on any atom is 0.340 e. The quantitative estimate of drug-likeness (QED) is 0.453. The minimum Gasteiger partial charge on any atom is -0.494 e. The zero-order valence-corrected chi connectivity index (χ0v) is 10.4. The molecule has 0 aromatic heterocycles. The summed E-state index contributed by atoms with van der Waals surface area (Å²) in [5.41, 5.74) is 0.848. The number of carbonyl (C=O) groups is 1. The molecular weight excluding hydrogens is 220 g/mol.